The molecule has 5 heteroatoms. The minimum absolute atomic E-state index is 0.109. The Labute approximate surface area is 100 Å². The molecule has 0 spiro atoms. The van der Waals surface area contributed by atoms with Crippen LogP contribution in [0, 0.1) is 0 Å². The second kappa shape index (κ2) is 6.65. The van der Waals surface area contributed by atoms with Crippen molar-refractivity contribution in [1.29, 1.82) is 0 Å². The zero-order chi connectivity index (χ0) is 12.7. The lowest BCUT2D eigenvalue weighted by Crippen LogP contribution is -2.13. The summed E-state index contributed by atoms with van der Waals surface area (Å²) in [6.45, 7) is 2.08. The van der Waals surface area contributed by atoms with Crippen LogP contribution in [0.1, 0.15) is 18.9 Å². The monoisotopic (exact) mass is 236 g/mol. The van der Waals surface area contributed by atoms with Crippen molar-refractivity contribution < 1.29 is 14.7 Å². The first-order valence-electron chi connectivity index (χ1n) is 5.25. The van der Waals surface area contributed by atoms with Crippen LogP contribution in [0.2, 0.25) is 0 Å². The molecule has 0 radical (unpaired) electrons. The lowest BCUT2D eigenvalue weighted by Gasteiger charge is -2.06. The highest BCUT2D eigenvalue weighted by atomic mass is 16.5. The van der Waals surface area contributed by atoms with Crippen LogP contribution in [0.5, 0.6) is 0 Å². The van der Waals surface area contributed by atoms with E-state index in [0.717, 1.165) is 5.56 Å². The average molecular weight is 236 g/mol. The van der Waals surface area contributed by atoms with E-state index in [-0.39, 0.29) is 5.91 Å². The van der Waals surface area contributed by atoms with Crippen LogP contribution in [0.25, 0.3) is 0 Å². The molecule has 0 fully saturated rings. The van der Waals surface area contributed by atoms with E-state index < -0.39 is 0 Å². The summed E-state index contributed by atoms with van der Waals surface area (Å²) in [5, 5.41) is 14.5. The molecule has 1 aromatic rings. The number of hydrogen-bond acceptors (Lipinski definition) is 4. The molecule has 92 valence electrons. The van der Waals surface area contributed by atoms with Gasteiger partial charge in [0.2, 0.25) is 5.91 Å². The number of benzene rings is 1. The summed E-state index contributed by atoms with van der Waals surface area (Å²) in [7, 11) is 1.55. The summed E-state index contributed by atoms with van der Waals surface area (Å²) in [5.74, 6) is -0.109. The Kier molecular flexibility index (Phi) is 5.16. The highest BCUT2D eigenvalue weighted by Crippen LogP contribution is 2.11. The maximum absolute atomic E-state index is 11.5. The largest absolute Gasteiger partial charge is 0.411 e. The van der Waals surface area contributed by atoms with Crippen molar-refractivity contribution in [3.8, 4) is 0 Å². The van der Waals surface area contributed by atoms with E-state index in [1.54, 1.807) is 38.3 Å². The second-order valence-electron chi connectivity index (χ2n) is 3.56. The third-order valence-corrected chi connectivity index (χ3v) is 2.25. The minimum atomic E-state index is -0.109. The van der Waals surface area contributed by atoms with Crippen LogP contribution in [-0.2, 0) is 9.53 Å². The predicted octanol–water partition coefficient (Wildman–Crippen LogP) is 1.86. The molecule has 2 N–H and O–H groups in total. The average Bonchev–Trinajstić information content (AvgIpc) is 2.35. The van der Waals surface area contributed by atoms with Gasteiger partial charge in [-0.2, -0.15) is 0 Å². The molecule has 0 aromatic heterocycles. The van der Waals surface area contributed by atoms with Gasteiger partial charge < -0.3 is 15.3 Å². The van der Waals surface area contributed by atoms with Crippen LogP contribution < -0.4 is 5.32 Å². The minimum Gasteiger partial charge on any atom is -0.411 e. The number of carbonyl (C=O) groups excluding carboxylic acids is 1. The van der Waals surface area contributed by atoms with E-state index in [2.05, 4.69) is 10.5 Å². The molecule has 0 atom stereocenters. The Morgan fingerprint density at radius 2 is 2.29 bits per heavy atom. The van der Waals surface area contributed by atoms with E-state index in [1.165, 1.54) is 0 Å². The van der Waals surface area contributed by atoms with Gasteiger partial charge in [0.05, 0.1) is 18.7 Å². The molecule has 0 saturated carbocycles. The number of anilines is 1. The number of nitrogens with zero attached hydrogens (tertiary/aromatic N) is 1. The fourth-order valence-corrected chi connectivity index (χ4v) is 1.30. The van der Waals surface area contributed by atoms with Crippen LogP contribution in [0.15, 0.2) is 29.4 Å². The Hall–Kier alpha value is -1.88. The number of oxime groups is 1. The van der Waals surface area contributed by atoms with Gasteiger partial charge in [0, 0.05) is 18.4 Å². The van der Waals surface area contributed by atoms with Gasteiger partial charge in [-0.3, -0.25) is 4.79 Å². The summed E-state index contributed by atoms with van der Waals surface area (Å²) >= 11 is 0. The number of carbonyl (C=O) groups is 1. The highest BCUT2D eigenvalue weighted by molar-refractivity contribution is 6.00. The van der Waals surface area contributed by atoms with Crippen molar-refractivity contribution in [2.45, 2.75) is 13.3 Å². The molecular formula is C12H16N2O3. The number of hydrogen-bond donors (Lipinski definition) is 2. The molecule has 0 aliphatic heterocycles. The van der Waals surface area contributed by atoms with E-state index in [4.69, 9.17) is 9.94 Å². The molecule has 0 aliphatic rings. The summed E-state index contributed by atoms with van der Waals surface area (Å²) in [6.07, 6.45) is 0.313. The molecule has 0 unspecified atom stereocenters. The zero-order valence-electron chi connectivity index (χ0n) is 9.93. The fraction of sp³-hybridized carbons (Fsp3) is 0.333. The van der Waals surface area contributed by atoms with Gasteiger partial charge in [0.25, 0.3) is 0 Å². The van der Waals surface area contributed by atoms with Crippen molar-refractivity contribution in [3.63, 3.8) is 0 Å². The molecular weight excluding hydrogens is 220 g/mol. The van der Waals surface area contributed by atoms with Crippen molar-refractivity contribution in [2.75, 3.05) is 19.0 Å². The summed E-state index contributed by atoms with van der Waals surface area (Å²) in [6, 6.07) is 7.12. The topological polar surface area (TPSA) is 70.9 Å². The smallest absolute Gasteiger partial charge is 0.226 e. The first kappa shape index (κ1) is 13.2. The molecule has 17 heavy (non-hydrogen) atoms. The molecule has 0 bridgehead atoms. The Balaban J connectivity index is 2.69. The van der Waals surface area contributed by atoms with Gasteiger partial charge >= 0.3 is 0 Å². The Morgan fingerprint density at radius 3 is 2.94 bits per heavy atom. The SMILES string of the molecule is COCCC(=O)Nc1cccc(C(C)=NO)c1. The molecule has 1 amide bonds. The van der Waals surface area contributed by atoms with Gasteiger partial charge in [-0.15, -0.1) is 0 Å². The van der Waals surface area contributed by atoms with Crippen molar-refractivity contribution in [1.82, 2.24) is 0 Å². The lowest BCUT2D eigenvalue weighted by molar-refractivity contribution is -0.117. The van der Waals surface area contributed by atoms with Crippen molar-refractivity contribution >= 4 is 17.3 Å². The fourth-order valence-electron chi connectivity index (χ4n) is 1.30. The number of amides is 1. The van der Waals surface area contributed by atoms with E-state index in [1.807, 2.05) is 0 Å². The summed E-state index contributed by atoms with van der Waals surface area (Å²) in [5.41, 5.74) is 1.93. The van der Waals surface area contributed by atoms with Gasteiger partial charge in [-0.1, -0.05) is 17.3 Å². The third kappa shape index (κ3) is 4.24. The second-order valence-corrected chi connectivity index (χ2v) is 3.56. The molecule has 0 aliphatic carbocycles. The highest BCUT2D eigenvalue weighted by Gasteiger charge is 2.03. The van der Waals surface area contributed by atoms with Crippen LogP contribution in [0.3, 0.4) is 0 Å². The van der Waals surface area contributed by atoms with E-state index >= 15 is 0 Å². The number of methoxy groups -OCH3 is 1. The zero-order valence-corrected chi connectivity index (χ0v) is 9.93. The number of nitrogens with one attached hydrogen (secondary N) is 1. The van der Waals surface area contributed by atoms with E-state index in [0.29, 0.717) is 24.4 Å². The number of ether oxygens (including phenoxy) is 1. The summed E-state index contributed by atoms with van der Waals surface area (Å²) in [4.78, 5) is 11.5. The van der Waals surface area contributed by atoms with Gasteiger partial charge in [-0.25, -0.2) is 0 Å². The van der Waals surface area contributed by atoms with E-state index in [9.17, 15) is 4.79 Å². The van der Waals surface area contributed by atoms with Gasteiger partial charge in [0.1, 0.15) is 0 Å². The molecule has 1 rings (SSSR count). The molecule has 1 aromatic carbocycles. The normalized spacial score (nSPS) is 11.3. The van der Waals surface area contributed by atoms with Crippen molar-refractivity contribution in [3.05, 3.63) is 29.8 Å². The van der Waals surface area contributed by atoms with Gasteiger partial charge in [0.15, 0.2) is 0 Å². The quantitative estimate of drug-likeness (QED) is 0.465. The summed E-state index contributed by atoms with van der Waals surface area (Å²) < 4.78 is 4.82. The van der Waals surface area contributed by atoms with Crippen molar-refractivity contribution in [2.24, 2.45) is 5.16 Å². The standard InChI is InChI=1S/C12H16N2O3/c1-9(14-16)10-4-3-5-11(8-10)13-12(15)6-7-17-2/h3-5,8,16H,6-7H2,1-2H3,(H,13,15). The number of rotatable bonds is 5. The Morgan fingerprint density at radius 1 is 1.53 bits per heavy atom. The molecule has 0 saturated heterocycles. The first-order chi connectivity index (χ1) is 8.17. The first-order valence-corrected chi connectivity index (χ1v) is 5.25. The van der Waals surface area contributed by atoms with Gasteiger partial charge in [-0.05, 0) is 19.1 Å². The Bertz CT molecular complexity index is 416. The maximum atomic E-state index is 11.5. The van der Waals surface area contributed by atoms with Crippen LogP contribution >= 0.6 is 0 Å². The predicted molar refractivity (Wildman–Crippen MR) is 65.6 cm³/mol. The lowest BCUT2D eigenvalue weighted by atomic mass is 10.1. The molecule has 5 nitrogen and oxygen atoms in total. The maximum Gasteiger partial charge on any atom is 0.226 e. The third-order valence-electron chi connectivity index (χ3n) is 2.25. The van der Waals surface area contributed by atoms with Crippen LogP contribution in [0.4, 0.5) is 5.69 Å². The molecule has 0 heterocycles. The van der Waals surface area contributed by atoms with Crippen LogP contribution in [-0.4, -0.2) is 30.5 Å².